The van der Waals surface area contributed by atoms with E-state index in [0.29, 0.717) is 48.2 Å². The highest BCUT2D eigenvalue weighted by molar-refractivity contribution is 5.82. The molecule has 0 spiro atoms. The summed E-state index contributed by atoms with van der Waals surface area (Å²) in [6, 6.07) is 16.4. The lowest BCUT2D eigenvalue weighted by molar-refractivity contribution is -0.183. The fourth-order valence-corrected chi connectivity index (χ4v) is 10.3. The predicted molar refractivity (Wildman–Crippen MR) is 211 cm³/mol. The Morgan fingerprint density at radius 2 is 1.78 bits per heavy atom. The van der Waals surface area contributed by atoms with Gasteiger partial charge in [0, 0.05) is 43.2 Å². The number of aliphatic hydroxyl groups excluding tert-OH is 3. The maximum absolute atomic E-state index is 14.2. The molecular weight excluding hydrogens is 681 g/mol. The Balaban J connectivity index is 1.23. The molecule has 0 unspecified atom stereocenters. The molecule has 300 valence electrons. The normalized spacial score (nSPS) is 29.4. The molecule has 54 heavy (non-hydrogen) atoms. The first-order valence-electron chi connectivity index (χ1n) is 20.8. The largest absolute Gasteiger partial charge is 0.491 e. The maximum Gasteiger partial charge on any atom is 0.240 e. The van der Waals surface area contributed by atoms with Crippen LogP contribution in [0.4, 0.5) is 0 Å². The molecule has 0 aromatic heterocycles. The SMILES string of the molecule is CC(C)C[C@@H](CN1CCCC1)N(Cc1cccc(CN2O[C@@H](CO)[C@@H]([C@H](C)O)[C@H]2C(=O)N[C@H]2C[C@H]3C[C@@H]([C@@H]2C)C3(C)C)c1)Cc1ccccc1OCCO. The highest BCUT2D eigenvalue weighted by atomic mass is 16.7. The van der Waals surface area contributed by atoms with Gasteiger partial charge in [0.25, 0.3) is 0 Å². The van der Waals surface area contributed by atoms with Crippen molar-refractivity contribution in [2.24, 2.45) is 35.0 Å². The number of amides is 1. The van der Waals surface area contributed by atoms with Crippen LogP contribution in [-0.4, -0.2) is 106 Å². The van der Waals surface area contributed by atoms with Crippen molar-refractivity contribution in [1.82, 2.24) is 20.2 Å². The fraction of sp³-hybridized carbons (Fsp3) is 0.705. The molecule has 2 saturated heterocycles. The van der Waals surface area contributed by atoms with Gasteiger partial charge in [-0.15, -0.1) is 0 Å². The average Bonchev–Trinajstić information content (AvgIpc) is 3.79. The van der Waals surface area contributed by atoms with Crippen LogP contribution in [0.25, 0.3) is 0 Å². The minimum Gasteiger partial charge on any atom is -0.491 e. The van der Waals surface area contributed by atoms with Crippen LogP contribution >= 0.6 is 0 Å². The first kappa shape index (κ1) is 41.1. The standard InChI is InChI=1S/C44H68N4O6/c1-29(2)20-36(27-46-16-9-10-17-46)47(26-34-14-7-8-15-39(34)53-19-18-49)24-32-12-11-13-33(21-32)25-48-42(41(31(4)51)40(28-50)54-48)43(52)45-38-23-35-22-37(30(38)3)44(35,5)6/h7-8,11-15,21,29-31,35-38,40-42,49-51H,9-10,16-20,22-28H2,1-6H3,(H,45,52)/t30-,31-,35+,36-,37-,38-,40-,41+,42-/m0/s1. The monoisotopic (exact) mass is 749 g/mol. The third-order valence-electron chi connectivity index (χ3n) is 13.4. The summed E-state index contributed by atoms with van der Waals surface area (Å²) in [5.74, 6) is 2.22. The molecule has 1 amide bonds. The highest BCUT2D eigenvalue weighted by Gasteiger charge is 2.57. The number of aliphatic hydroxyl groups is 3. The molecule has 2 aromatic carbocycles. The zero-order chi connectivity index (χ0) is 38.6. The van der Waals surface area contributed by atoms with Gasteiger partial charge in [-0.2, -0.15) is 5.06 Å². The van der Waals surface area contributed by atoms with Crippen LogP contribution in [-0.2, 0) is 29.3 Å². The van der Waals surface area contributed by atoms with Gasteiger partial charge in [0.2, 0.25) is 5.91 Å². The number of nitrogens with one attached hydrogen (secondary N) is 1. The highest BCUT2D eigenvalue weighted by Crippen LogP contribution is 2.61. The summed E-state index contributed by atoms with van der Waals surface area (Å²) in [4.78, 5) is 25.8. The molecule has 4 N–H and O–H groups in total. The smallest absolute Gasteiger partial charge is 0.240 e. The number of hydrogen-bond acceptors (Lipinski definition) is 9. The number of hydroxylamine groups is 2. The van der Waals surface area contributed by atoms with Gasteiger partial charge in [0.15, 0.2) is 0 Å². The van der Waals surface area contributed by atoms with Gasteiger partial charge in [-0.05, 0) is 98.4 Å². The van der Waals surface area contributed by atoms with Crippen molar-refractivity contribution in [2.45, 2.75) is 124 Å². The molecule has 2 heterocycles. The minimum absolute atomic E-state index is 0.0327. The second-order valence-electron chi connectivity index (χ2n) is 17.9. The summed E-state index contributed by atoms with van der Waals surface area (Å²) in [7, 11) is 0. The zero-order valence-electron chi connectivity index (χ0n) is 33.7. The van der Waals surface area contributed by atoms with Crippen molar-refractivity contribution < 1.29 is 29.7 Å². The average molecular weight is 749 g/mol. The molecule has 9 atom stereocenters. The molecule has 10 nitrogen and oxygen atoms in total. The fourth-order valence-electron chi connectivity index (χ4n) is 10.3. The van der Waals surface area contributed by atoms with E-state index in [9.17, 15) is 20.1 Å². The topological polar surface area (TPSA) is 118 Å². The van der Waals surface area contributed by atoms with E-state index in [4.69, 9.17) is 9.57 Å². The number of hydrogen-bond donors (Lipinski definition) is 4. The van der Waals surface area contributed by atoms with Crippen LogP contribution < -0.4 is 10.1 Å². The number of fused-ring (bicyclic) bond motifs is 2. The van der Waals surface area contributed by atoms with E-state index < -0.39 is 24.2 Å². The van der Waals surface area contributed by atoms with Gasteiger partial charge in [-0.3, -0.25) is 14.5 Å². The van der Waals surface area contributed by atoms with Crippen LogP contribution in [0, 0.1) is 35.0 Å². The molecule has 7 rings (SSSR count). The molecule has 5 fully saturated rings. The molecule has 5 aliphatic rings. The number of likely N-dealkylation sites (tertiary alicyclic amines) is 1. The predicted octanol–water partition coefficient (Wildman–Crippen LogP) is 5.23. The lowest BCUT2D eigenvalue weighted by Gasteiger charge is -2.62. The van der Waals surface area contributed by atoms with E-state index in [1.807, 2.05) is 12.1 Å². The van der Waals surface area contributed by atoms with Crippen molar-refractivity contribution in [1.29, 1.82) is 0 Å². The quantitative estimate of drug-likeness (QED) is 0.163. The molecule has 2 bridgehead atoms. The number of para-hydroxylation sites is 1. The van der Waals surface area contributed by atoms with Gasteiger partial charge in [0.1, 0.15) is 24.5 Å². The van der Waals surface area contributed by atoms with Gasteiger partial charge < -0.3 is 30.3 Å². The van der Waals surface area contributed by atoms with E-state index in [1.54, 1.807) is 12.0 Å². The van der Waals surface area contributed by atoms with Crippen molar-refractivity contribution in [3.05, 3.63) is 65.2 Å². The Bertz CT molecular complexity index is 1510. The van der Waals surface area contributed by atoms with E-state index in [-0.39, 0.29) is 31.8 Å². The molecule has 2 aromatic rings. The first-order chi connectivity index (χ1) is 25.9. The number of ether oxygens (including phenoxy) is 1. The summed E-state index contributed by atoms with van der Waals surface area (Å²) in [5, 5.41) is 35.9. The summed E-state index contributed by atoms with van der Waals surface area (Å²) < 4.78 is 5.99. The summed E-state index contributed by atoms with van der Waals surface area (Å²) in [5.41, 5.74) is 3.59. The lowest BCUT2D eigenvalue weighted by Crippen LogP contribution is -2.62. The van der Waals surface area contributed by atoms with Crippen molar-refractivity contribution in [3.8, 4) is 5.75 Å². The molecule has 10 heteroatoms. The summed E-state index contributed by atoms with van der Waals surface area (Å²) in [6.45, 7) is 18.3. The third-order valence-corrected chi connectivity index (χ3v) is 13.4. The minimum atomic E-state index is -0.836. The van der Waals surface area contributed by atoms with E-state index in [1.165, 1.54) is 24.8 Å². The third kappa shape index (κ3) is 9.34. The zero-order valence-corrected chi connectivity index (χ0v) is 33.7. The van der Waals surface area contributed by atoms with Crippen molar-refractivity contribution in [3.63, 3.8) is 0 Å². The van der Waals surface area contributed by atoms with Gasteiger partial charge in [-0.1, -0.05) is 77.1 Å². The lowest BCUT2D eigenvalue weighted by atomic mass is 9.45. The van der Waals surface area contributed by atoms with Gasteiger partial charge in [0.05, 0.1) is 25.9 Å². The van der Waals surface area contributed by atoms with Crippen molar-refractivity contribution in [2.75, 3.05) is 39.5 Å². The Morgan fingerprint density at radius 3 is 2.44 bits per heavy atom. The number of benzene rings is 2. The van der Waals surface area contributed by atoms with E-state index in [2.05, 4.69) is 86.1 Å². The van der Waals surface area contributed by atoms with E-state index in [0.717, 1.165) is 55.9 Å². The van der Waals surface area contributed by atoms with Gasteiger partial charge in [-0.25, -0.2) is 0 Å². The molecule has 3 aliphatic carbocycles. The molecule has 2 aliphatic heterocycles. The Hall–Kier alpha value is -2.57. The number of nitrogens with zero attached hydrogens (tertiary/aromatic N) is 3. The van der Waals surface area contributed by atoms with E-state index >= 15 is 0 Å². The molecule has 3 saturated carbocycles. The summed E-state index contributed by atoms with van der Waals surface area (Å²) >= 11 is 0. The Morgan fingerprint density at radius 1 is 1.04 bits per heavy atom. The Labute approximate surface area is 324 Å². The Kier molecular flexibility index (Phi) is 13.8. The first-order valence-corrected chi connectivity index (χ1v) is 20.8. The van der Waals surface area contributed by atoms with Crippen molar-refractivity contribution >= 4 is 5.91 Å². The van der Waals surface area contributed by atoms with Crippen LogP contribution in [0.5, 0.6) is 5.75 Å². The maximum atomic E-state index is 14.2. The number of carbonyl (C=O) groups is 1. The second kappa shape index (κ2) is 18.1. The molecular formula is C44H68N4O6. The van der Waals surface area contributed by atoms with Crippen LogP contribution in [0.15, 0.2) is 48.5 Å². The number of rotatable bonds is 18. The van der Waals surface area contributed by atoms with Gasteiger partial charge >= 0.3 is 0 Å². The molecule has 0 radical (unpaired) electrons. The van der Waals surface area contributed by atoms with Crippen LogP contribution in [0.3, 0.4) is 0 Å². The van der Waals surface area contributed by atoms with Crippen LogP contribution in [0.2, 0.25) is 0 Å². The second-order valence-corrected chi connectivity index (χ2v) is 17.9. The number of carbonyl (C=O) groups excluding carboxylic acids is 1. The van der Waals surface area contributed by atoms with Crippen LogP contribution in [0.1, 0.15) is 90.3 Å². The summed E-state index contributed by atoms with van der Waals surface area (Å²) in [6.07, 6.45) is 4.25.